The lowest BCUT2D eigenvalue weighted by Gasteiger charge is -2.31. The van der Waals surface area contributed by atoms with Gasteiger partial charge in [0.1, 0.15) is 29.9 Å². The zero-order valence-corrected chi connectivity index (χ0v) is 20.8. The Kier molecular flexibility index (Phi) is 6.85. The van der Waals surface area contributed by atoms with Crippen LogP contribution in [0.25, 0.3) is 22.0 Å². The number of hydrogen-bond acceptors (Lipinski definition) is 8. The molecular weight excluding hydrogens is 535 g/mol. The molecule has 0 aliphatic carbocycles. The van der Waals surface area contributed by atoms with Crippen molar-refractivity contribution < 1.29 is 42.8 Å². The standard InChI is InChI=1S/C27H22F3N3O7/c1-39-16-8-14(9-31-10-16)17-6-7-18-22-24(17)40-12-19(13-2-4-15(5-3-13)27(28,29)30)33(22)26(38)21(23(18)36)25(37)32-11-20(34)35/h2-10,19,25,32,36-37H,11-12H2,1H3,(H,34,35). The zero-order valence-electron chi connectivity index (χ0n) is 20.8. The number of carboxylic acid groups (broad SMARTS) is 1. The monoisotopic (exact) mass is 557 g/mol. The number of aromatic nitrogens is 2. The molecule has 13 heteroatoms. The Morgan fingerprint density at radius 1 is 1.23 bits per heavy atom. The van der Waals surface area contributed by atoms with Crippen molar-refractivity contribution in [2.75, 3.05) is 20.3 Å². The Morgan fingerprint density at radius 3 is 2.60 bits per heavy atom. The Bertz CT molecular complexity index is 1670. The van der Waals surface area contributed by atoms with E-state index in [1.807, 2.05) is 0 Å². The fourth-order valence-corrected chi connectivity index (χ4v) is 4.74. The van der Waals surface area contributed by atoms with Crippen molar-refractivity contribution in [3.05, 3.63) is 81.9 Å². The first-order valence-electron chi connectivity index (χ1n) is 11.9. The van der Waals surface area contributed by atoms with Crippen LogP contribution in [0.5, 0.6) is 17.2 Å². The maximum atomic E-state index is 13.9. The molecule has 3 heterocycles. The topological polar surface area (TPSA) is 143 Å². The van der Waals surface area contributed by atoms with Gasteiger partial charge in [0, 0.05) is 22.7 Å². The number of halogens is 3. The summed E-state index contributed by atoms with van der Waals surface area (Å²) in [7, 11) is 1.47. The van der Waals surface area contributed by atoms with Crippen molar-refractivity contribution >= 4 is 16.9 Å². The van der Waals surface area contributed by atoms with Gasteiger partial charge in [-0.2, -0.15) is 13.2 Å². The van der Waals surface area contributed by atoms with E-state index in [9.17, 15) is 33.0 Å². The van der Waals surface area contributed by atoms with Crippen LogP contribution in [0.4, 0.5) is 13.2 Å². The number of ether oxygens (including phenoxy) is 2. The Labute approximate surface area is 223 Å². The number of aliphatic hydroxyl groups excluding tert-OH is 1. The number of alkyl halides is 3. The molecule has 0 radical (unpaired) electrons. The van der Waals surface area contributed by atoms with Crippen LogP contribution in [-0.2, 0) is 11.0 Å². The number of carbonyl (C=O) groups is 1. The molecule has 4 aromatic rings. The van der Waals surface area contributed by atoms with E-state index >= 15 is 0 Å². The average molecular weight is 557 g/mol. The van der Waals surface area contributed by atoms with Crippen molar-refractivity contribution in [1.29, 1.82) is 0 Å². The zero-order chi connectivity index (χ0) is 28.8. The maximum Gasteiger partial charge on any atom is 0.416 e. The number of rotatable bonds is 7. The smallest absolute Gasteiger partial charge is 0.416 e. The number of nitrogens with zero attached hydrogens (tertiary/aromatic N) is 2. The lowest BCUT2D eigenvalue weighted by molar-refractivity contribution is -0.138. The number of pyridine rings is 2. The first-order chi connectivity index (χ1) is 19.0. The van der Waals surface area contributed by atoms with Gasteiger partial charge in [-0.1, -0.05) is 12.1 Å². The molecule has 2 unspecified atom stereocenters. The van der Waals surface area contributed by atoms with Crippen LogP contribution in [0.3, 0.4) is 0 Å². The molecule has 208 valence electrons. The number of benzene rings is 2. The first-order valence-corrected chi connectivity index (χ1v) is 11.9. The molecule has 5 rings (SSSR count). The van der Waals surface area contributed by atoms with Crippen LogP contribution < -0.4 is 20.3 Å². The molecule has 0 saturated carbocycles. The molecule has 0 saturated heterocycles. The molecule has 1 aliphatic rings. The van der Waals surface area contributed by atoms with Gasteiger partial charge >= 0.3 is 12.1 Å². The summed E-state index contributed by atoms with van der Waals surface area (Å²) < 4.78 is 52.1. The van der Waals surface area contributed by atoms with Gasteiger partial charge in [0.2, 0.25) is 0 Å². The van der Waals surface area contributed by atoms with E-state index in [-0.39, 0.29) is 23.3 Å². The predicted molar refractivity (Wildman–Crippen MR) is 135 cm³/mol. The highest BCUT2D eigenvalue weighted by atomic mass is 19.4. The molecule has 2 aromatic heterocycles. The molecule has 2 atom stereocenters. The van der Waals surface area contributed by atoms with Gasteiger partial charge < -0.3 is 24.8 Å². The van der Waals surface area contributed by atoms with Gasteiger partial charge in [0.25, 0.3) is 5.56 Å². The van der Waals surface area contributed by atoms with E-state index in [1.165, 1.54) is 36.1 Å². The van der Waals surface area contributed by atoms with Gasteiger partial charge in [-0.3, -0.25) is 24.5 Å². The van der Waals surface area contributed by atoms with Crippen molar-refractivity contribution in [3.63, 3.8) is 0 Å². The van der Waals surface area contributed by atoms with Gasteiger partial charge in [0.15, 0.2) is 5.75 Å². The second-order valence-electron chi connectivity index (χ2n) is 9.01. The highest BCUT2D eigenvalue weighted by Gasteiger charge is 2.34. The Balaban J connectivity index is 1.77. The van der Waals surface area contributed by atoms with E-state index in [2.05, 4.69) is 10.3 Å². The van der Waals surface area contributed by atoms with E-state index in [4.69, 9.17) is 14.6 Å². The largest absolute Gasteiger partial charge is 0.507 e. The minimum absolute atomic E-state index is 0.0944. The third-order valence-electron chi connectivity index (χ3n) is 6.63. The average Bonchev–Trinajstić information content (AvgIpc) is 2.93. The number of aliphatic carboxylic acids is 1. The van der Waals surface area contributed by atoms with Crippen LogP contribution >= 0.6 is 0 Å². The Hall–Kier alpha value is -4.62. The summed E-state index contributed by atoms with van der Waals surface area (Å²) in [5, 5.41) is 33.1. The van der Waals surface area contributed by atoms with Gasteiger partial charge in [-0.15, -0.1) is 0 Å². The lowest BCUT2D eigenvalue weighted by Crippen LogP contribution is -2.38. The van der Waals surface area contributed by atoms with Crippen molar-refractivity contribution in [1.82, 2.24) is 14.9 Å². The van der Waals surface area contributed by atoms with E-state index in [0.29, 0.717) is 22.4 Å². The Morgan fingerprint density at radius 2 is 1.95 bits per heavy atom. The summed E-state index contributed by atoms with van der Waals surface area (Å²) >= 11 is 0. The molecule has 4 N–H and O–H groups in total. The quantitative estimate of drug-likeness (QED) is 0.251. The molecule has 0 fully saturated rings. The summed E-state index contributed by atoms with van der Waals surface area (Å²) in [6.07, 6.45) is -3.39. The molecule has 0 bridgehead atoms. The number of nitrogens with one attached hydrogen (secondary N) is 1. The van der Waals surface area contributed by atoms with Gasteiger partial charge in [-0.05, 0) is 35.9 Å². The summed E-state index contributed by atoms with van der Waals surface area (Å²) in [5.74, 6) is -1.26. The molecular formula is C27H22F3N3O7. The molecule has 1 aliphatic heterocycles. The van der Waals surface area contributed by atoms with E-state index in [0.717, 1.165) is 12.1 Å². The van der Waals surface area contributed by atoms with Crippen LogP contribution in [0.2, 0.25) is 0 Å². The maximum absolute atomic E-state index is 13.9. The van der Waals surface area contributed by atoms with Crippen LogP contribution in [0, 0.1) is 0 Å². The number of methoxy groups -OCH3 is 1. The minimum Gasteiger partial charge on any atom is -0.507 e. The number of aliphatic hydroxyl groups is 1. The lowest BCUT2D eigenvalue weighted by atomic mass is 9.97. The van der Waals surface area contributed by atoms with Gasteiger partial charge in [0.05, 0.1) is 37.0 Å². The second-order valence-corrected chi connectivity index (χ2v) is 9.01. The number of aromatic hydroxyl groups is 1. The first kappa shape index (κ1) is 27.0. The van der Waals surface area contributed by atoms with Crippen LogP contribution in [0.1, 0.15) is 29.0 Å². The van der Waals surface area contributed by atoms with Crippen LogP contribution in [0.15, 0.2) is 59.7 Å². The highest BCUT2D eigenvalue weighted by Crippen LogP contribution is 2.45. The third-order valence-corrected chi connectivity index (χ3v) is 6.63. The molecule has 0 amide bonds. The number of carboxylic acids is 1. The summed E-state index contributed by atoms with van der Waals surface area (Å²) in [6, 6.07) is 8.06. The third kappa shape index (κ3) is 4.69. The number of hydrogen-bond donors (Lipinski definition) is 4. The normalized spacial score (nSPS) is 15.5. The second kappa shape index (κ2) is 10.2. The summed E-state index contributed by atoms with van der Waals surface area (Å²) in [6.45, 7) is -0.888. The van der Waals surface area contributed by atoms with Crippen molar-refractivity contribution in [2.24, 2.45) is 0 Å². The van der Waals surface area contributed by atoms with Gasteiger partial charge in [-0.25, -0.2) is 0 Å². The van der Waals surface area contributed by atoms with E-state index in [1.54, 1.807) is 18.3 Å². The molecule has 10 nitrogen and oxygen atoms in total. The molecule has 0 spiro atoms. The predicted octanol–water partition coefficient (Wildman–Crippen LogP) is 3.44. The van der Waals surface area contributed by atoms with Crippen molar-refractivity contribution in [3.8, 4) is 28.4 Å². The highest BCUT2D eigenvalue weighted by molar-refractivity contribution is 5.97. The minimum atomic E-state index is -4.57. The summed E-state index contributed by atoms with van der Waals surface area (Å²) in [4.78, 5) is 29.0. The fraction of sp³-hybridized carbons (Fsp3) is 0.222. The SMILES string of the molecule is COc1cncc(-c2ccc3c(O)c(C(O)NCC(=O)O)c(=O)n4c3c2OCC4c2ccc(C(F)(F)F)cc2)c1. The van der Waals surface area contributed by atoms with Crippen LogP contribution in [-0.4, -0.2) is 51.1 Å². The fourth-order valence-electron chi connectivity index (χ4n) is 4.74. The molecule has 2 aromatic carbocycles. The molecule has 40 heavy (non-hydrogen) atoms. The summed E-state index contributed by atoms with van der Waals surface area (Å²) in [5.41, 5.74) is -0.781. The van der Waals surface area contributed by atoms with E-state index < -0.39 is 53.4 Å². The van der Waals surface area contributed by atoms with Crippen molar-refractivity contribution in [2.45, 2.75) is 18.4 Å².